The number of hydrogen-bond donors (Lipinski definition) is 1. The van der Waals surface area contributed by atoms with Crippen molar-refractivity contribution in [1.29, 1.82) is 0 Å². The van der Waals surface area contributed by atoms with Crippen LogP contribution < -0.4 is 5.56 Å². The van der Waals surface area contributed by atoms with Gasteiger partial charge in [-0.05, 0) is 37.0 Å². The van der Waals surface area contributed by atoms with Crippen LogP contribution in [0.15, 0.2) is 33.6 Å². The Morgan fingerprint density at radius 3 is 2.81 bits per heavy atom. The number of fused-ring (bicyclic) bond motifs is 1. The highest BCUT2D eigenvalue weighted by atomic mass is 19.1. The maximum atomic E-state index is 13.6. The van der Waals surface area contributed by atoms with Gasteiger partial charge < -0.3 is 14.4 Å². The molecule has 0 atom stereocenters. The summed E-state index contributed by atoms with van der Waals surface area (Å²) in [6, 6.07) is 5.27. The van der Waals surface area contributed by atoms with Crippen LogP contribution in [0, 0.1) is 18.7 Å². The second-order valence-electron chi connectivity index (χ2n) is 6.91. The molecule has 7 nitrogen and oxygen atoms in total. The highest BCUT2D eigenvalue weighted by molar-refractivity contribution is 6.06. The van der Waals surface area contributed by atoms with Crippen molar-refractivity contribution in [3.8, 4) is 0 Å². The van der Waals surface area contributed by atoms with E-state index in [4.69, 9.17) is 4.52 Å². The Balaban J connectivity index is 1.50. The first-order chi connectivity index (χ1) is 13.0. The van der Waals surface area contributed by atoms with Gasteiger partial charge in [-0.1, -0.05) is 5.16 Å². The average molecular weight is 370 g/mol. The number of likely N-dealkylation sites (tertiary alicyclic amines) is 1. The number of carbonyl (C=O) groups is 1. The Bertz CT molecular complexity index is 1050. The summed E-state index contributed by atoms with van der Waals surface area (Å²) in [4.78, 5) is 33.4. The number of aromatic amines is 1. The van der Waals surface area contributed by atoms with Gasteiger partial charge in [0.05, 0.1) is 5.56 Å². The second kappa shape index (κ2) is 6.94. The molecule has 1 saturated heterocycles. The zero-order valence-corrected chi connectivity index (χ0v) is 14.9. The van der Waals surface area contributed by atoms with E-state index in [9.17, 15) is 14.0 Å². The third-order valence-corrected chi connectivity index (χ3v) is 4.98. The molecule has 1 aliphatic rings. The molecule has 8 heteroatoms. The van der Waals surface area contributed by atoms with Crippen LogP contribution in [-0.4, -0.2) is 39.0 Å². The molecule has 0 radical (unpaired) electrons. The van der Waals surface area contributed by atoms with Gasteiger partial charge >= 0.3 is 0 Å². The van der Waals surface area contributed by atoms with Gasteiger partial charge in [-0.25, -0.2) is 4.39 Å². The monoisotopic (exact) mass is 370 g/mol. The molecule has 1 fully saturated rings. The van der Waals surface area contributed by atoms with Crippen LogP contribution in [0.4, 0.5) is 4.39 Å². The normalized spacial score (nSPS) is 15.4. The van der Waals surface area contributed by atoms with E-state index in [1.54, 1.807) is 11.8 Å². The maximum absolute atomic E-state index is 13.6. The Morgan fingerprint density at radius 1 is 1.33 bits per heavy atom. The standard InChI is InChI=1S/C19H19FN4O3/c1-11-21-17(23-27-11)8-12-4-6-24(7-5-12)19(26)15-10-18(25)22-16-3-2-13(20)9-14(15)16/h2-3,9-10,12H,4-8H2,1H3,(H,22,25). The van der Waals surface area contributed by atoms with Crippen LogP contribution in [0.2, 0.25) is 0 Å². The molecule has 0 bridgehead atoms. The number of aromatic nitrogens is 3. The van der Waals surface area contributed by atoms with Crippen LogP contribution in [0.5, 0.6) is 0 Å². The summed E-state index contributed by atoms with van der Waals surface area (Å²) in [7, 11) is 0. The SMILES string of the molecule is Cc1nc(CC2CCN(C(=O)c3cc(=O)[nH]c4ccc(F)cc34)CC2)no1. The minimum atomic E-state index is -0.447. The van der Waals surface area contributed by atoms with Crippen LogP contribution in [0.3, 0.4) is 0 Å². The fourth-order valence-corrected chi connectivity index (χ4v) is 3.60. The van der Waals surface area contributed by atoms with Crippen molar-refractivity contribution < 1.29 is 13.7 Å². The number of H-pyrrole nitrogens is 1. The number of nitrogens with zero attached hydrogens (tertiary/aromatic N) is 3. The lowest BCUT2D eigenvalue weighted by Crippen LogP contribution is -2.39. The quantitative estimate of drug-likeness (QED) is 0.765. The minimum absolute atomic E-state index is 0.237. The average Bonchev–Trinajstić information content (AvgIpc) is 3.06. The molecule has 1 amide bonds. The van der Waals surface area contributed by atoms with E-state index < -0.39 is 5.82 Å². The van der Waals surface area contributed by atoms with Gasteiger partial charge in [0.15, 0.2) is 5.82 Å². The number of halogens is 1. The molecule has 3 aromatic rings. The molecule has 27 heavy (non-hydrogen) atoms. The number of amides is 1. The summed E-state index contributed by atoms with van der Waals surface area (Å²) < 4.78 is 18.6. The van der Waals surface area contributed by atoms with Gasteiger partial charge in [-0.3, -0.25) is 9.59 Å². The van der Waals surface area contributed by atoms with Crippen LogP contribution in [-0.2, 0) is 6.42 Å². The van der Waals surface area contributed by atoms with Crippen LogP contribution >= 0.6 is 0 Å². The molecule has 0 unspecified atom stereocenters. The lowest BCUT2D eigenvalue weighted by Gasteiger charge is -2.31. The molecular formula is C19H19FN4O3. The van der Waals surface area contributed by atoms with E-state index in [2.05, 4.69) is 15.1 Å². The zero-order valence-electron chi connectivity index (χ0n) is 14.9. The lowest BCUT2D eigenvalue weighted by molar-refractivity contribution is 0.0691. The second-order valence-corrected chi connectivity index (χ2v) is 6.91. The third-order valence-electron chi connectivity index (χ3n) is 4.98. The Hall–Kier alpha value is -3.03. The fourth-order valence-electron chi connectivity index (χ4n) is 3.60. The number of nitrogens with one attached hydrogen (secondary N) is 1. The Labute approximate surface area is 154 Å². The van der Waals surface area contributed by atoms with Gasteiger partial charge in [0.25, 0.3) is 5.91 Å². The first-order valence-electron chi connectivity index (χ1n) is 8.90. The molecule has 140 valence electrons. The van der Waals surface area contributed by atoms with Crippen molar-refractivity contribution in [2.75, 3.05) is 13.1 Å². The summed E-state index contributed by atoms with van der Waals surface area (Å²) in [6.45, 7) is 2.90. The van der Waals surface area contributed by atoms with Crippen molar-refractivity contribution >= 4 is 16.8 Å². The molecule has 1 aromatic carbocycles. The highest BCUT2D eigenvalue weighted by Crippen LogP contribution is 2.24. The maximum Gasteiger partial charge on any atom is 0.254 e. The minimum Gasteiger partial charge on any atom is -0.340 e. The molecule has 1 N–H and O–H groups in total. The van der Waals surface area contributed by atoms with Crippen LogP contribution in [0.1, 0.15) is 34.9 Å². The molecule has 3 heterocycles. The Kier molecular flexibility index (Phi) is 4.47. The van der Waals surface area contributed by atoms with Crippen molar-refractivity contribution in [1.82, 2.24) is 20.0 Å². The first-order valence-corrected chi connectivity index (χ1v) is 8.90. The molecule has 0 spiro atoms. The largest absolute Gasteiger partial charge is 0.340 e. The van der Waals surface area contributed by atoms with E-state index in [0.29, 0.717) is 41.6 Å². The number of hydrogen-bond acceptors (Lipinski definition) is 5. The summed E-state index contributed by atoms with van der Waals surface area (Å²) in [6.07, 6.45) is 2.35. The van der Waals surface area contributed by atoms with E-state index in [0.717, 1.165) is 19.3 Å². The number of benzene rings is 1. The zero-order chi connectivity index (χ0) is 19.0. The number of carbonyl (C=O) groups excluding carboxylic acids is 1. The van der Waals surface area contributed by atoms with Crippen LogP contribution in [0.25, 0.3) is 10.9 Å². The van der Waals surface area contributed by atoms with Crippen molar-refractivity contribution in [3.05, 3.63) is 57.7 Å². The third kappa shape index (κ3) is 3.60. The number of aryl methyl sites for hydroxylation is 1. The van der Waals surface area contributed by atoms with Crippen molar-refractivity contribution in [3.63, 3.8) is 0 Å². The van der Waals surface area contributed by atoms with E-state index in [1.807, 2.05) is 0 Å². The van der Waals surface area contributed by atoms with E-state index in [1.165, 1.54) is 24.3 Å². The van der Waals surface area contributed by atoms with E-state index in [-0.39, 0.29) is 17.0 Å². The summed E-state index contributed by atoms with van der Waals surface area (Å²) in [5.74, 6) is 0.919. The predicted octanol–water partition coefficient (Wildman–Crippen LogP) is 2.45. The number of pyridine rings is 1. The van der Waals surface area contributed by atoms with Gasteiger partial charge in [0.2, 0.25) is 11.4 Å². The summed E-state index contributed by atoms with van der Waals surface area (Å²) in [5, 5.41) is 4.34. The number of rotatable bonds is 3. The Morgan fingerprint density at radius 2 is 2.11 bits per heavy atom. The topological polar surface area (TPSA) is 92.1 Å². The van der Waals surface area contributed by atoms with Crippen molar-refractivity contribution in [2.45, 2.75) is 26.2 Å². The molecular weight excluding hydrogens is 351 g/mol. The van der Waals surface area contributed by atoms with Gasteiger partial charge in [-0.15, -0.1) is 0 Å². The molecule has 0 aliphatic carbocycles. The van der Waals surface area contributed by atoms with Gasteiger partial charge in [0, 0.05) is 43.4 Å². The first kappa shape index (κ1) is 17.4. The lowest BCUT2D eigenvalue weighted by atomic mass is 9.92. The van der Waals surface area contributed by atoms with Crippen molar-refractivity contribution in [2.24, 2.45) is 5.92 Å². The molecule has 1 aliphatic heterocycles. The number of piperidine rings is 1. The fraction of sp³-hybridized carbons (Fsp3) is 0.368. The highest BCUT2D eigenvalue weighted by Gasteiger charge is 2.26. The summed E-state index contributed by atoms with van der Waals surface area (Å²) >= 11 is 0. The van der Waals surface area contributed by atoms with Gasteiger partial charge in [0.1, 0.15) is 5.82 Å². The smallest absolute Gasteiger partial charge is 0.254 e. The van der Waals surface area contributed by atoms with E-state index >= 15 is 0 Å². The summed E-state index contributed by atoms with van der Waals surface area (Å²) in [5.41, 5.74) is 0.315. The predicted molar refractivity (Wildman–Crippen MR) is 95.9 cm³/mol. The molecule has 4 rings (SSSR count). The van der Waals surface area contributed by atoms with Gasteiger partial charge in [-0.2, -0.15) is 4.98 Å². The molecule has 2 aromatic heterocycles. The molecule has 0 saturated carbocycles.